The van der Waals surface area contributed by atoms with Crippen molar-refractivity contribution in [2.45, 2.75) is 30.2 Å². The van der Waals surface area contributed by atoms with E-state index < -0.39 is 15.8 Å². The van der Waals surface area contributed by atoms with Crippen LogP contribution in [0.5, 0.6) is 0 Å². The van der Waals surface area contributed by atoms with Gasteiger partial charge >= 0.3 is 0 Å². The molecule has 2 aliphatic rings. The van der Waals surface area contributed by atoms with E-state index in [4.69, 9.17) is 0 Å². The predicted molar refractivity (Wildman–Crippen MR) is 84.9 cm³/mol. The van der Waals surface area contributed by atoms with Gasteiger partial charge in [0.15, 0.2) is 0 Å². The summed E-state index contributed by atoms with van der Waals surface area (Å²) in [5.41, 5.74) is -0.207. The Morgan fingerprint density at radius 2 is 1.96 bits per heavy atom. The summed E-state index contributed by atoms with van der Waals surface area (Å²) in [6.45, 7) is 1.77. The predicted octanol–water partition coefficient (Wildman–Crippen LogP) is 1.29. The van der Waals surface area contributed by atoms with Crippen molar-refractivity contribution >= 4 is 10.0 Å². The lowest BCUT2D eigenvalue weighted by atomic mass is 9.69. The normalized spacial score (nSPS) is 30.1. The molecule has 0 unspecified atom stereocenters. The number of benzene rings is 1. The van der Waals surface area contributed by atoms with Crippen molar-refractivity contribution in [1.82, 2.24) is 9.21 Å². The number of halogens is 1. The Kier molecular flexibility index (Phi) is 4.48. The topological polar surface area (TPSA) is 60.9 Å². The molecule has 7 heteroatoms. The van der Waals surface area contributed by atoms with E-state index in [0.29, 0.717) is 19.5 Å². The maximum atomic E-state index is 13.0. The first-order chi connectivity index (χ1) is 10.9. The van der Waals surface area contributed by atoms with Gasteiger partial charge in [-0.05, 0) is 57.1 Å². The molecule has 0 saturated carbocycles. The largest absolute Gasteiger partial charge is 0.396 e. The summed E-state index contributed by atoms with van der Waals surface area (Å²) in [7, 11) is -1.64. The molecule has 5 nitrogen and oxygen atoms in total. The molecule has 1 N–H and O–H groups in total. The van der Waals surface area contributed by atoms with E-state index in [1.807, 2.05) is 7.05 Å². The molecule has 0 bridgehead atoms. The summed E-state index contributed by atoms with van der Waals surface area (Å²) in [6.07, 6.45) is 2.61. The lowest BCUT2D eigenvalue weighted by Gasteiger charge is -2.53. The molecule has 0 amide bonds. The highest BCUT2D eigenvalue weighted by molar-refractivity contribution is 7.89. The summed E-state index contributed by atoms with van der Waals surface area (Å²) in [5.74, 6) is -0.450. The first-order valence-electron chi connectivity index (χ1n) is 7.96. The van der Waals surface area contributed by atoms with Crippen LogP contribution in [0.25, 0.3) is 0 Å². The van der Waals surface area contributed by atoms with Gasteiger partial charge in [-0.15, -0.1) is 0 Å². The van der Waals surface area contributed by atoms with E-state index in [1.165, 1.54) is 28.6 Å². The van der Waals surface area contributed by atoms with Gasteiger partial charge in [0.2, 0.25) is 10.0 Å². The highest BCUT2D eigenvalue weighted by Gasteiger charge is 2.48. The summed E-state index contributed by atoms with van der Waals surface area (Å²) in [4.78, 5) is 2.28. The molecule has 1 aromatic carbocycles. The van der Waals surface area contributed by atoms with Crippen molar-refractivity contribution in [3.8, 4) is 0 Å². The van der Waals surface area contributed by atoms with Crippen LogP contribution in [0, 0.1) is 11.2 Å². The molecule has 2 atom stereocenters. The fraction of sp³-hybridized carbons (Fsp3) is 0.625. The van der Waals surface area contributed by atoms with Crippen LogP contribution >= 0.6 is 0 Å². The standard InChI is InChI=1S/C16H23FN2O3S/c1-18-9-2-7-16(12-20)8-10-19(11-15(16)18)23(21,22)14-5-3-13(17)4-6-14/h3-6,15,20H,2,7-12H2,1H3/t15-,16-/m1/s1. The number of piperidine rings is 2. The molecule has 2 fully saturated rings. The van der Waals surface area contributed by atoms with Crippen molar-refractivity contribution in [3.63, 3.8) is 0 Å². The molecule has 0 aromatic heterocycles. The minimum atomic E-state index is -3.63. The molecule has 1 aromatic rings. The third-order valence-electron chi connectivity index (χ3n) is 5.43. The van der Waals surface area contributed by atoms with Gasteiger partial charge in [0.25, 0.3) is 0 Å². The maximum Gasteiger partial charge on any atom is 0.243 e. The van der Waals surface area contributed by atoms with Gasteiger partial charge in [0, 0.05) is 24.5 Å². The van der Waals surface area contributed by atoms with Crippen molar-refractivity contribution in [2.75, 3.05) is 33.3 Å². The second kappa shape index (κ2) is 6.12. The zero-order chi connectivity index (χ0) is 16.7. The van der Waals surface area contributed by atoms with Gasteiger partial charge in [-0.3, -0.25) is 0 Å². The Hall–Kier alpha value is -1.02. The fourth-order valence-corrected chi connectivity index (χ4v) is 5.41. The molecule has 0 aliphatic carbocycles. The first-order valence-corrected chi connectivity index (χ1v) is 9.40. The highest BCUT2D eigenvalue weighted by Crippen LogP contribution is 2.42. The van der Waals surface area contributed by atoms with E-state index >= 15 is 0 Å². The number of sulfonamides is 1. The van der Waals surface area contributed by atoms with Crippen LogP contribution in [-0.4, -0.2) is 62.1 Å². The molecule has 128 valence electrons. The monoisotopic (exact) mass is 342 g/mol. The highest BCUT2D eigenvalue weighted by atomic mass is 32.2. The van der Waals surface area contributed by atoms with E-state index in [0.717, 1.165) is 19.4 Å². The second-order valence-electron chi connectivity index (χ2n) is 6.69. The van der Waals surface area contributed by atoms with Gasteiger partial charge in [0.1, 0.15) is 5.82 Å². The summed E-state index contributed by atoms with van der Waals surface area (Å²) in [6, 6.07) is 4.97. The Bertz CT molecular complexity index is 664. The molecule has 2 aliphatic heterocycles. The van der Waals surface area contributed by atoms with Crippen molar-refractivity contribution in [2.24, 2.45) is 5.41 Å². The number of likely N-dealkylation sites (tertiary alicyclic amines) is 1. The quantitative estimate of drug-likeness (QED) is 0.899. The van der Waals surface area contributed by atoms with Gasteiger partial charge in [-0.1, -0.05) is 0 Å². The molecular weight excluding hydrogens is 319 g/mol. The van der Waals surface area contributed by atoms with Crippen LogP contribution in [0.4, 0.5) is 4.39 Å². The van der Waals surface area contributed by atoms with Crippen LogP contribution in [0.15, 0.2) is 29.2 Å². The Morgan fingerprint density at radius 3 is 2.61 bits per heavy atom. The number of nitrogens with zero attached hydrogens (tertiary/aromatic N) is 2. The van der Waals surface area contributed by atoms with Gasteiger partial charge in [0.05, 0.1) is 11.5 Å². The van der Waals surface area contributed by atoms with E-state index in [1.54, 1.807) is 0 Å². The number of hydrogen-bond donors (Lipinski definition) is 1. The van der Waals surface area contributed by atoms with Gasteiger partial charge in [-0.25, -0.2) is 12.8 Å². The summed E-state index contributed by atoms with van der Waals surface area (Å²) >= 11 is 0. The minimum absolute atomic E-state index is 0.0187. The smallest absolute Gasteiger partial charge is 0.243 e. The average molecular weight is 342 g/mol. The maximum absolute atomic E-state index is 13.0. The number of likely N-dealkylation sites (N-methyl/N-ethyl adjacent to an activating group) is 1. The van der Waals surface area contributed by atoms with E-state index in [9.17, 15) is 17.9 Å². The second-order valence-corrected chi connectivity index (χ2v) is 8.63. The lowest BCUT2D eigenvalue weighted by molar-refractivity contribution is -0.0508. The number of aliphatic hydroxyl groups is 1. The lowest BCUT2D eigenvalue weighted by Crippen LogP contribution is -2.62. The van der Waals surface area contributed by atoms with E-state index in [2.05, 4.69) is 4.90 Å². The average Bonchev–Trinajstić information content (AvgIpc) is 2.55. The third-order valence-corrected chi connectivity index (χ3v) is 7.31. The Balaban J connectivity index is 1.86. The van der Waals surface area contributed by atoms with Gasteiger partial charge < -0.3 is 10.0 Å². The SMILES string of the molecule is CN1CCC[C@]2(CO)CCN(S(=O)(=O)c3ccc(F)cc3)C[C@@H]12. The summed E-state index contributed by atoms with van der Waals surface area (Å²) in [5, 5.41) is 9.90. The van der Waals surface area contributed by atoms with Crippen LogP contribution in [0.2, 0.25) is 0 Å². The zero-order valence-electron chi connectivity index (χ0n) is 13.3. The minimum Gasteiger partial charge on any atom is -0.396 e. The Morgan fingerprint density at radius 1 is 1.26 bits per heavy atom. The van der Waals surface area contributed by atoms with Crippen LogP contribution in [0.1, 0.15) is 19.3 Å². The first kappa shape index (κ1) is 16.8. The van der Waals surface area contributed by atoms with Gasteiger partial charge in [-0.2, -0.15) is 4.31 Å². The fourth-order valence-electron chi connectivity index (χ4n) is 3.96. The third kappa shape index (κ3) is 2.91. The molecule has 0 radical (unpaired) electrons. The van der Waals surface area contributed by atoms with Crippen molar-refractivity contribution in [1.29, 1.82) is 0 Å². The number of rotatable bonds is 3. The van der Waals surface area contributed by atoms with Crippen molar-refractivity contribution < 1.29 is 17.9 Å². The molecule has 3 rings (SSSR count). The summed E-state index contributed by atoms with van der Waals surface area (Å²) < 4.78 is 40.1. The number of fused-ring (bicyclic) bond motifs is 1. The van der Waals surface area contributed by atoms with E-state index in [-0.39, 0.29) is 23.0 Å². The van der Waals surface area contributed by atoms with Crippen molar-refractivity contribution in [3.05, 3.63) is 30.1 Å². The number of hydrogen-bond acceptors (Lipinski definition) is 4. The van der Waals surface area contributed by atoms with Crippen LogP contribution in [-0.2, 0) is 10.0 Å². The zero-order valence-corrected chi connectivity index (χ0v) is 14.1. The molecule has 0 spiro atoms. The molecule has 2 heterocycles. The van der Waals surface area contributed by atoms with Crippen LogP contribution in [0.3, 0.4) is 0 Å². The van der Waals surface area contributed by atoms with Crippen LogP contribution < -0.4 is 0 Å². The molecular formula is C16H23FN2O3S. The Labute approximate surface area is 136 Å². The molecule has 2 saturated heterocycles. The molecule has 23 heavy (non-hydrogen) atoms. The number of aliphatic hydroxyl groups excluding tert-OH is 1.